The van der Waals surface area contributed by atoms with Crippen LogP contribution in [0.1, 0.15) is 40.3 Å². The van der Waals surface area contributed by atoms with E-state index in [4.69, 9.17) is 4.98 Å². The van der Waals surface area contributed by atoms with E-state index in [0.29, 0.717) is 0 Å². The first kappa shape index (κ1) is 12.7. The topological polar surface area (TPSA) is 24.9 Å². The Balaban J connectivity index is 2.32. The van der Waals surface area contributed by atoms with Crippen molar-refractivity contribution in [3.8, 4) is 0 Å². The molecule has 1 unspecified atom stereocenters. The molecule has 1 N–H and O–H groups in total. The third-order valence-electron chi connectivity index (χ3n) is 2.73. The standard InChI is InChI=1S/C13H18N2S2/c1-4-10-9(3)17-13(15-10)12(14-5-2)11-7-6-8-16-11/h6-8,12,14H,4-5H2,1-3H3. The summed E-state index contributed by atoms with van der Waals surface area (Å²) in [7, 11) is 0. The second kappa shape index (κ2) is 5.76. The van der Waals surface area contributed by atoms with Gasteiger partial charge in [-0.25, -0.2) is 4.98 Å². The summed E-state index contributed by atoms with van der Waals surface area (Å²) in [5.41, 5.74) is 1.24. The van der Waals surface area contributed by atoms with Crippen molar-refractivity contribution >= 4 is 22.7 Å². The number of thiophene rings is 1. The van der Waals surface area contributed by atoms with Crippen LogP contribution in [-0.4, -0.2) is 11.5 Å². The molecule has 4 heteroatoms. The molecule has 1 atom stereocenters. The van der Waals surface area contributed by atoms with Crippen LogP contribution in [0, 0.1) is 6.92 Å². The zero-order valence-electron chi connectivity index (χ0n) is 10.5. The number of aromatic nitrogens is 1. The maximum Gasteiger partial charge on any atom is 0.115 e. The average Bonchev–Trinajstić information content (AvgIpc) is 2.95. The van der Waals surface area contributed by atoms with Gasteiger partial charge < -0.3 is 5.32 Å². The first-order valence-electron chi connectivity index (χ1n) is 5.99. The zero-order chi connectivity index (χ0) is 12.3. The first-order valence-corrected chi connectivity index (χ1v) is 7.68. The highest BCUT2D eigenvalue weighted by atomic mass is 32.1. The number of rotatable bonds is 5. The lowest BCUT2D eigenvalue weighted by atomic mass is 10.2. The van der Waals surface area contributed by atoms with Crippen molar-refractivity contribution in [2.45, 2.75) is 33.2 Å². The number of nitrogens with one attached hydrogen (secondary N) is 1. The minimum atomic E-state index is 0.268. The van der Waals surface area contributed by atoms with Crippen molar-refractivity contribution in [1.82, 2.24) is 10.3 Å². The van der Waals surface area contributed by atoms with E-state index < -0.39 is 0 Å². The normalized spacial score (nSPS) is 12.9. The summed E-state index contributed by atoms with van der Waals surface area (Å²) in [6, 6.07) is 4.55. The molecule has 0 fully saturated rings. The van der Waals surface area contributed by atoms with Gasteiger partial charge in [-0.2, -0.15) is 0 Å². The van der Waals surface area contributed by atoms with Crippen LogP contribution in [0.4, 0.5) is 0 Å². The molecule has 17 heavy (non-hydrogen) atoms. The Kier molecular flexibility index (Phi) is 4.31. The van der Waals surface area contributed by atoms with E-state index in [1.54, 1.807) is 11.3 Å². The summed E-state index contributed by atoms with van der Waals surface area (Å²) in [6.45, 7) is 7.43. The van der Waals surface area contributed by atoms with Gasteiger partial charge in [0.25, 0.3) is 0 Å². The predicted molar refractivity (Wildman–Crippen MR) is 76.1 cm³/mol. The molecule has 0 amide bonds. The zero-order valence-corrected chi connectivity index (χ0v) is 12.1. The third kappa shape index (κ3) is 2.76. The molecule has 2 aromatic heterocycles. The Morgan fingerprint density at radius 3 is 2.76 bits per heavy atom. The Labute approximate surface area is 111 Å². The van der Waals surface area contributed by atoms with Crippen molar-refractivity contribution in [3.63, 3.8) is 0 Å². The third-order valence-corrected chi connectivity index (χ3v) is 4.74. The van der Waals surface area contributed by atoms with Crippen LogP contribution in [0.5, 0.6) is 0 Å². The highest BCUT2D eigenvalue weighted by molar-refractivity contribution is 7.12. The molecule has 2 heterocycles. The van der Waals surface area contributed by atoms with E-state index >= 15 is 0 Å². The molecule has 0 saturated heterocycles. The number of nitrogens with zero attached hydrogens (tertiary/aromatic N) is 1. The van der Waals surface area contributed by atoms with Crippen molar-refractivity contribution in [1.29, 1.82) is 0 Å². The minimum absolute atomic E-state index is 0.268. The summed E-state index contributed by atoms with van der Waals surface area (Å²) in [4.78, 5) is 7.47. The fourth-order valence-corrected chi connectivity index (χ4v) is 3.85. The van der Waals surface area contributed by atoms with Crippen molar-refractivity contribution < 1.29 is 0 Å². The van der Waals surface area contributed by atoms with E-state index in [1.165, 1.54) is 20.5 Å². The lowest BCUT2D eigenvalue weighted by Crippen LogP contribution is -2.20. The Morgan fingerprint density at radius 1 is 1.41 bits per heavy atom. The summed E-state index contributed by atoms with van der Waals surface area (Å²) in [5.74, 6) is 0. The van der Waals surface area contributed by atoms with Gasteiger partial charge in [-0.15, -0.1) is 22.7 Å². The van der Waals surface area contributed by atoms with Gasteiger partial charge in [-0.05, 0) is 31.3 Å². The average molecular weight is 266 g/mol. The summed E-state index contributed by atoms with van der Waals surface area (Å²) < 4.78 is 0. The second-order valence-corrected chi connectivity index (χ2v) is 6.13. The smallest absolute Gasteiger partial charge is 0.115 e. The van der Waals surface area contributed by atoms with Gasteiger partial charge in [0.2, 0.25) is 0 Å². The van der Waals surface area contributed by atoms with Crippen LogP contribution in [-0.2, 0) is 6.42 Å². The molecule has 0 saturated carbocycles. The molecule has 0 aliphatic rings. The largest absolute Gasteiger partial charge is 0.304 e. The predicted octanol–water partition coefficient (Wildman–Crippen LogP) is 3.77. The Hall–Kier alpha value is -0.710. The van der Waals surface area contributed by atoms with Crippen molar-refractivity contribution in [2.24, 2.45) is 0 Å². The van der Waals surface area contributed by atoms with Gasteiger partial charge in [0.15, 0.2) is 0 Å². The van der Waals surface area contributed by atoms with Crippen LogP contribution in [0.3, 0.4) is 0 Å². The van der Waals surface area contributed by atoms with Crippen LogP contribution in [0.25, 0.3) is 0 Å². The summed E-state index contributed by atoms with van der Waals surface area (Å²) >= 11 is 3.61. The van der Waals surface area contributed by atoms with Gasteiger partial charge >= 0.3 is 0 Å². The Morgan fingerprint density at radius 2 is 2.24 bits per heavy atom. The van der Waals surface area contributed by atoms with Crippen LogP contribution >= 0.6 is 22.7 Å². The molecule has 0 aromatic carbocycles. The van der Waals surface area contributed by atoms with Crippen LogP contribution in [0.15, 0.2) is 17.5 Å². The lowest BCUT2D eigenvalue weighted by Gasteiger charge is -2.13. The summed E-state index contributed by atoms with van der Waals surface area (Å²) in [6.07, 6.45) is 1.02. The van der Waals surface area contributed by atoms with Gasteiger partial charge in [0.05, 0.1) is 11.7 Å². The molecule has 0 bridgehead atoms. The maximum atomic E-state index is 4.77. The van der Waals surface area contributed by atoms with E-state index in [9.17, 15) is 0 Å². The molecule has 0 radical (unpaired) electrons. The SMILES string of the molecule is CCNC(c1cccs1)c1nc(CC)c(C)s1. The lowest BCUT2D eigenvalue weighted by molar-refractivity contribution is 0.634. The molecular weight excluding hydrogens is 248 g/mol. The molecule has 2 aromatic rings. The number of hydrogen-bond acceptors (Lipinski definition) is 4. The van der Waals surface area contributed by atoms with Gasteiger partial charge in [0, 0.05) is 9.75 Å². The maximum absolute atomic E-state index is 4.77. The first-order chi connectivity index (χ1) is 8.26. The van der Waals surface area contributed by atoms with Crippen LogP contribution in [0.2, 0.25) is 0 Å². The van der Waals surface area contributed by atoms with Gasteiger partial charge in [-0.3, -0.25) is 0 Å². The van der Waals surface area contributed by atoms with Crippen LogP contribution < -0.4 is 5.32 Å². The molecular formula is C13H18N2S2. The molecule has 2 rings (SSSR count). The fraction of sp³-hybridized carbons (Fsp3) is 0.462. The number of thiazole rings is 1. The quantitative estimate of drug-likeness (QED) is 0.891. The molecule has 0 spiro atoms. The summed E-state index contributed by atoms with van der Waals surface area (Å²) in [5, 5.41) is 6.85. The number of hydrogen-bond donors (Lipinski definition) is 1. The molecule has 0 aliphatic heterocycles. The molecule has 92 valence electrons. The van der Waals surface area contributed by atoms with Gasteiger partial charge in [0.1, 0.15) is 5.01 Å². The Bertz CT molecular complexity index is 460. The van der Waals surface area contributed by atoms with E-state index in [0.717, 1.165) is 13.0 Å². The highest BCUT2D eigenvalue weighted by Crippen LogP contribution is 2.30. The second-order valence-electron chi connectivity index (χ2n) is 3.91. The monoisotopic (exact) mass is 266 g/mol. The molecule has 2 nitrogen and oxygen atoms in total. The van der Waals surface area contributed by atoms with E-state index in [1.807, 2.05) is 11.3 Å². The molecule has 0 aliphatic carbocycles. The van der Waals surface area contributed by atoms with Crippen molar-refractivity contribution in [3.05, 3.63) is 38.0 Å². The minimum Gasteiger partial charge on any atom is -0.304 e. The highest BCUT2D eigenvalue weighted by Gasteiger charge is 2.18. The van der Waals surface area contributed by atoms with E-state index in [-0.39, 0.29) is 6.04 Å². The van der Waals surface area contributed by atoms with Gasteiger partial charge in [-0.1, -0.05) is 19.9 Å². The van der Waals surface area contributed by atoms with Crippen molar-refractivity contribution in [2.75, 3.05) is 6.54 Å². The number of aryl methyl sites for hydroxylation is 2. The fourth-order valence-electron chi connectivity index (χ4n) is 1.87. The van der Waals surface area contributed by atoms with E-state index in [2.05, 4.69) is 43.6 Å².